The third kappa shape index (κ3) is 3.18. The van der Waals surface area contributed by atoms with Crippen molar-refractivity contribution in [3.63, 3.8) is 0 Å². The fourth-order valence-electron chi connectivity index (χ4n) is 3.50. The predicted molar refractivity (Wildman–Crippen MR) is 72.1 cm³/mol. The lowest BCUT2D eigenvalue weighted by atomic mass is 9.71. The minimum absolute atomic E-state index is 0.0628. The summed E-state index contributed by atoms with van der Waals surface area (Å²) in [5.41, 5.74) is 0.0628. The molecule has 1 N–H and O–H groups in total. The van der Waals surface area contributed by atoms with E-state index in [1.165, 1.54) is 6.42 Å². The van der Waals surface area contributed by atoms with Gasteiger partial charge in [-0.05, 0) is 58.0 Å². The van der Waals surface area contributed by atoms with Crippen molar-refractivity contribution < 1.29 is 14.3 Å². The van der Waals surface area contributed by atoms with E-state index in [0.29, 0.717) is 12.4 Å². The first-order chi connectivity index (χ1) is 9.27. The molecular formula is C15H25NO3. The third-order valence-corrected chi connectivity index (χ3v) is 4.96. The molecule has 1 unspecified atom stereocenters. The molecule has 1 atom stereocenters. The topological polar surface area (TPSA) is 47.6 Å². The summed E-state index contributed by atoms with van der Waals surface area (Å²) in [5.74, 6) is 0.476. The van der Waals surface area contributed by atoms with Crippen LogP contribution in [0.5, 0.6) is 0 Å². The Bertz CT molecular complexity index is 321. The second-order valence-corrected chi connectivity index (χ2v) is 6.30. The van der Waals surface area contributed by atoms with Crippen molar-refractivity contribution in [2.75, 3.05) is 26.3 Å². The van der Waals surface area contributed by atoms with Crippen LogP contribution in [0.15, 0.2) is 0 Å². The second kappa shape index (κ2) is 5.90. The first-order valence-electron chi connectivity index (χ1n) is 7.76. The average molecular weight is 267 g/mol. The Labute approximate surface area is 115 Å². The van der Waals surface area contributed by atoms with E-state index in [0.717, 1.165) is 58.2 Å². The molecule has 2 saturated heterocycles. The van der Waals surface area contributed by atoms with Gasteiger partial charge < -0.3 is 14.8 Å². The molecular weight excluding hydrogens is 242 g/mol. The molecule has 1 spiro atoms. The van der Waals surface area contributed by atoms with E-state index in [2.05, 4.69) is 5.32 Å². The molecule has 3 fully saturated rings. The number of hydrogen-bond acceptors (Lipinski definition) is 4. The lowest BCUT2D eigenvalue weighted by molar-refractivity contribution is -0.159. The quantitative estimate of drug-likeness (QED) is 0.842. The van der Waals surface area contributed by atoms with E-state index >= 15 is 0 Å². The zero-order valence-corrected chi connectivity index (χ0v) is 11.7. The zero-order chi connectivity index (χ0) is 13.1. The molecule has 3 rings (SSSR count). The number of rotatable bonds is 4. The Balaban J connectivity index is 1.44. The van der Waals surface area contributed by atoms with Gasteiger partial charge in [-0.1, -0.05) is 0 Å². The molecule has 2 heterocycles. The summed E-state index contributed by atoms with van der Waals surface area (Å²) in [6, 6.07) is 0. The maximum atomic E-state index is 12.3. The van der Waals surface area contributed by atoms with Gasteiger partial charge in [0, 0.05) is 12.5 Å². The van der Waals surface area contributed by atoms with Gasteiger partial charge in [-0.3, -0.25) is 4.79 Å². The minimum Gasteiger partial charge on any atom is -0.375 e. The highest BCUT2D eigenvalue weighted by Gasteiger charge is 2.44. The van der Waals surface area contributed by atoms with E-state index in [-0.39, 0.29) is 17.6 Å². The number of carbonyl (C=O) groups excluding carboxylic acids is 1. The number of ketones is 1. The molecule has 0 aromatic carbocycles. The first kappa shape index (κ1) is 13.5. The van der Waals surface area contributed by atoms with Crippen molar-refractivity contribution >= 4 is 5.78 Å². The number of carbonyl (C=O) groups is 1. The van der Waals surface area contributed by atoms with Gasteiger partial charge in [0.05, 0.1) is 11.7 Å². The standard InChI is InChI=1S/C15H25NO3/c17-14(11-18-13-2-7-16-8-3-13)12-4-9-19-15(10-12)5-1-6-15/h12-13,16H,1-11H2. The van der Waals surface area contributed by atoms with E-state index in [9.17, 15) is 4.79 Å². The van der Waals surface area contributed by atoms with Crippen molar-refractivity contribution in [3.8, 4) is 0 Å². The summed E-state index contributed by atoms with van der Waals surface area (Å²) in [4.78, 5) is 12.3. The SMILES string of the molecule is O=C(COC1CCNCC1)C1CCOC2(CCC2)C1. The third-order valence-electron chi connectivity index (χ3n) is 4.96. The lowest BCUT2D eigenvalue weighted by Crippen LogP contribution is -2.47. The summed E-state index contributed by atoms with van der Waals surface area (Å²) in [5, 5.41) is 3.31. The van der Waals surface area contributed by atoms with Gasteiger partial charge in [0.1, 0.15) is 6.61 Å². The van der Waals surface area contributed by atoms with Crippen LogP contribution in [-0.2, 0) is 14.3 Å². The molecule has 0 amide bonds. The summed E-state index contributed by atoms with van der Waals surface area (Å²) in [6.45, 7) is 3.09. The highest BCUT2D eigenvalue weighted by atomic mass is 16.5. The molecule has 4 nitrogen and oxygen atoms in total. The van der Waals surface area contributed by atoms with E-state index in [4.69, 9.17) is 9.47 Å². The van der Waals surface area contributed by atoms with Crippen LogP contribution >= 0.6 is 0 Å². The zero-order valence-electron chi connectivity index (χ0n) is 11.7. The van der Waals surface area contributed by atoms with Crippen LogP contribution in [-0.4, -0.2) is 43.8 Å². The van der Waals surface area contributed by atoms with Crippen LogP contribution in [0.25, 0.3) is 0 Å². The van der Waals surface area contributed by atoms with E-state index in [1.807, 2.05) is 0 Å². The van der Waals surface area contributed by atoms with Crippen molar-refractivity contribution in [1.29, 1.82) is 0 Å². The van der Waals surface area contributed by atoms with Crippen molar-refractivity contribution in [2.24, 2.45) is 5.92 Å². The summed E-state index contributed by atoms with van der Waals surface area (Å²) in [6.07, 6.45) is 7.71. The van der Waals surface area contributed by atoms with Crippen LogP contribution in [0.4, 0.5) is 0 Å². The molecule has 0 aromatic heterocycles. The fourth-order valence-corrected chi connectivity index (χ4v) is 3.50. The molecule has 1 aliphatic carbocycles. The van der Waals surface area contributed by atoms with Crippen molar-refractivity contribution in [3.05, 3.63) is 0 Å². The lowest BCUT2D eigenvalue weighted by Gasteiger charge is -2.46. The van der Waals surface area contributed by atoms with Crippen molar-refractivity contribution in [2.45, 2.75) is 56.7 Å². The normalized spacial score (nSPS) is 31.1. The Morgan fingerprint density at radius 1 is 1.26 bits per heavy atom. The smallest absolute Gasteiger partial charge is 0.161 e. The second-order valence-electron chi connectivity index (χ2n) is 6.30. The number of Topliss-reactive ketones (excluding diaryl/α,β-unsaturated/α-hetero) is 1. The van der Waals surface area contributed by atoms with E-state index in [1.54, 1.807) is 0 Å². The molecule has 0 bridgehead atoms. The van der Waals surface area contributed by atoms with Gasteiger partial charge in [-0.25, -0.2) is 0 Å². The molecule has 108 valence electrons. The summed E-state index contributed by atoms with van der Waals surface area (Å²) in [7, 11) is 0. The van der Waals surface area contributed by atoms with Crippen LogP contribution < -0.4 is 5.32 Å². The average Bonchev–Trinajstić information content (AvgIpc) is 2.44. The molecule has 0 radical (unpaired) electrons. The van der Waals surface area contributed by atoms with E-state index < -0.39 is 0 Å². The molecule has 3 aliphatic rings. The van der Waals surface area contributed by atoms with Gasteiger partial charge in [0.25, 0.3) is 0 Å². The Morgan fingerprint density at radius 2 is 2.05 bits per heavy atom. The Morgan fingerprint density at radius 3 is 2.74 bits per heavy atom. The Hall–Kier alpha value is -0.450. The van der Waals surface area contributed by atoms with Crippen LogP contribution in [0.1, 0.15) is 44.9 Å². The molecule has 1 saturated carbocycles. The number of nitrogens with one attached hydrogen (secondary N) is 1. The van der Waals surface area contributed by atoms with Crippen molar-refractivity contribution in [1.82, 2.24) is 5.32 Å². The van der Waals surface area contributed by atoms with Gasteiger partial charge in [-0.15, -0.1) is 0 Å². The Kier molecular flexibility index (Phi) is 4.20. The maximum absolute atomic E-state index is 12.3. The number of ether oxygens (including phenoxy) is 2. The number of piperidine rings is 1. The van der Waals surface area contributed by atoms with Gasteiger partial charge in [-0.2, -0.15) is 0 Å². The van der Waals surface area contributed by atoms with Crippen LogP contribution in [0.2, 0.25) is 0 Å². The van der Waals surface area contributed by atoms with Gasteiger partial charge >= 0.3 is 0 Å². The minimum atomic E-state index is 0.0628. The molecule has 0 aromatic rings. The molecule has 19 heavy (non-hydrogen) atoms. The van der Waals surface area contributed by atoms with Crippen LogP contribution in [0.3, 0.4) is 0 Å². The predicted octanol–water partition coefficient (Wildman–Crippen LogP) is 1.67. The largest absolute Gasteiger partial charge is 0.375 e. The number of hydrogen-bond donors (Lipinski definition) is 1. The van der Waals surface area contributed by atoms with Crippen LogP contribution in [0, 0.1) is 5.92 Å². The summed E-state index contributed by atoms with van der Waals surface area (Å²) < 4.78 is 11.7. The monoisotopic (exact) mass is 267 g/mol. The molecule has 2 aliphatic heterocycles. The van der Waals surface area contributed by atoms with Gasteiger partial charge in [0.2, 0.25) is 0 Å². The fraction of sp³-hybridized carbons (Fsp3) is 0.933. The molecule has 4 heteroatoms. The summed E-state index contributed by atoms with van der Waals surface area (Å²) >= 11 is 0. The highest BCUT2D eigenvalue weighted by molar-refractivity contribution is 5.82. The maximum Gasteiger partial charge on any atom is 0.161 e. The highest BCUT2D eigenvalue weighted by Crippen LogP contribution is 2.44. The van der Waals surface area contributed by atoms with Gasteiger partial charge in [0.15, 0.2) is 5.78 Å². The first-order valence-corrected chi connectivity index (χ1v) is 7.76.